The molecule has 1 rings (SSSR count). The van der Waals surface area contributed by atoms with E-state index in [4.69, 9.17) is 5.73 Å². The highest BCUT2D eigenvalue weighted by Crippen LogP contribution is 2.27. The van der Waals surface area contributed by atoms with Crippen LogP contribution in [-0.2, 0) is 4.79 Å². The fourth-order valence-corrected chi connectivity index (χ4v) is 1.86. The Morgan fingerprint density at radius 3 is 2.40 bits per heavy atom. The van der Waals surface area contributed by atoms with E-state index >= 15 is 0 Å². The Kier molecular flexibility index (Phi) is 4.58. The monoisotopic (exact) mass is 212 g/mol. The molecule has 0 aromatic carbocycles. The van der Waals surface area contributed by atoms with E-state index in [2.05, 4.69) is 0 Å². The third-order valence-electron chi connectivity index (χ3n) is 3.40. The summed E-state index contributed by atoms with van der Waals surface area (Å²) in [5.74, 6) is 1.08. The van der Waals surface area contributed by atoms with Crippen LogP contribution in [0.4, 0.5) is 0 Å². The number of carbonyl (C=O) groups is 1. The van der Waals surface area contributed by atoms with Crippen LogP contribution in [0.1, 0.15) is 40.0 Å². The Morgan fingerprint density at radius 1 is 1.47 bits per heavy atom. The van der Waals surface area contributed by atoms with Crippen molar-refractivity contribution in [2.75, 3.05) is 13.1 Å². The molecule has 1 aliphatic rings. The minimum atomic E-state index is -0.329. The molecular formula is C12H24N2O. The van der Waals surface area contributed by atoms with E-state index in [1.165, 1.54) is 19.3 Å². The van der Waals surface area contributed by atoms with Crippen LogP contribution in [0, 0.1) is 11.8 Å². The van der Waals surface area contributed by atoms with Crippen molar-refractivity contribution in [1.29, 1.82) is 0 Å². The summed E-state index contributed by atoms with van der Waals surface area (Å²) >= 11 is 0. The maximum absolute atomic E-state index is 12.0. The predicted octanol–water partition coefficient (Wildman–Crippen LogP) is 1.62. The van der Waals surface area contributed by atoms with Gasteiger partial charge in [0.2, 0.25) is 5.91 Å². The van der Waals surface area contributed by atoms with Crippen molar-refractivity contribution >= 4 is 5.91 Å². The first kappa shape index (κ1) is 12.5. The Morgan fingerprint density at radius 2 is 2.07 bits per heavy atom. The van der Waals surface area contributed by atoms with Crippen LogP contribution in [0.2, 0.25) is 0 Å². The summed E-state index contributed by atoms with van der Waals surface area (Å²) in [7, 11) is 0. The molecule has 0 aromatic rings. The number of nitrogens with two attached hydrogens (primary N) is 1. The van der Waals surface area contributed by atoms with Crippen LogP contribution < -0.4 is 5.73 Å². The molecule has 1 saturated carbocycles. The average molecular weight is 212 g/mol. The number of nitrogens with zero attached hydrogens (tertiary/aromatic N) is 1. The van der Waals surface area contributed by atoms with Crippen LogP contribution in [0.15, 0.2) is 0 Å². The van der Waals surface area contributed by atoms with Crippen LogP contribution in [-0.4, -0.2) is 29.9 Å². The number of hydrogen-bond donors (Lipinski definition) is 1. The number of likely N-dealkylation sites (N-methyl/N-ethyl adjacent to an activating group) is 1. The number of amides is 1. The zero-order valence-corrected chi connectivity index (χ0v) is 10.2. The summed E-state index contributed by atoms with van der Waals surface area (Å²) in [6.45, 7) is 7.73. The van der Waals surface area contributed by atoms with Gasteiger partial charge in [-0.05, 0) is 31.6 Å². The van der Waals surface area contributed by atoms with Crippen LogP contribution in [0.25, 0.3) is 0 Å². The zero-order chi connectivity index (χ0) is 11.4. The molecule has 1 aliphatic carbocycles. The molecule has 1 atom stereocenters. The van der Waals surface area contributed by atoms with Crippen LogP contribution in [0.5, 0.6) is 0 Å². The number of rotatable bonds is 5. The maximum Gasteiger partial charge on any atom is 0.239 e. The Balaban J connectivity index is 2.45. The molecule has 1 amide bonds. The van der Waals surface area contributed by atoms with Gasteiger partial charge in [-0.3, -0.25) is 4.79 Å². The normalized spacial score (nSPS) is 18.7. The van der Waals surface area contributed by atoms with E-state index in [1.54, 1.807) is 0 Å². The second-order valence-corrected chi connectivity index (χ2v) is 4.94. The molecule has 0 unspecified atom stereocenters. The quantitative estimate of drug-likeness (QED) is 0.752. The summed E-state index contributed by atoms with van der Waals surface area (Å²) in [6, 6.07) is -0.329. The Hall–Kier alpha value is -0.570. The topological polar surface area (TPSA) is 46.3 Å². The summed E-state index contributed by atoms with van der Waals surface area (Å²) in [4.78, 5) is 13.9. The molecule has 1 fully saturated rings. The van der Waals surface area contributed by atoms with Crippen molar-refractivity contribution in [1.82, 2.24) is 4.90 Å². The molecule has 0 spiro atoms. The van der Waals surface area contributed by atoms with Crippen molar-refractivity contribution < 1.29 is 4.79 Å². The van der Waals surface area contributed by atoms with E-state index in [0.29, 0.717) is 0 Å². The van der Waals surface area contributed by atoms with E-state index in [0.717, 1.165) is 19.0 Å². The summed E-state index contributed by atoms with van der Waals surface area (Å²) in [6.07, 6.45) is 3.88. The zero-order valence-electron chi connectivity index (χ0n) is 10.2. The SMILES string of the molecule is CCN(CC1CCC1)C(=O)[C@@H](N)C(C)C. The smallest absolute Gasteiger partial charge is 0.239 e. The lowest BCUT2D eigenvalue weighted by Gasteiger charge is -2.33. The second-order valence-electron chi connectivity index (χ2n) is 4.94. The van der Waals surface area contributed by atoms with E-state index in [9.17, 15) is 4.79 Å². The molecule has 3 nitrogen and oxygen atoms in total. The van der Waals surface area contributed by atoms with Crippen molar-refractivity contribution in [2.24, 2.45) is 17.6 Å². The van der Waals surface area contributed by atoms with Gasteiger partial charge in [0.25, 0.3) is 0 Å². The van der Waals surface area contributed by atoms with E-state index in [1.807, 2.05) is 25.7 Å². The van der Waals surface area contributed by atoms with Gasteiger partial charge in [0.05, 0.1) is 6.04 Å². The fourth-order valence-electron chi connectivity index (χ4n) is 1.86. The number of carbonyl (C=O) groups excluding carboxylic acids is 1. The first-order valence-electron chi connectivity index (χ1n) is 6.10. The molecule has 0 aliphatic heterocycles. The molecule has 15 heavy (non-hydrogen) atoms. The molecule has 0 radical (unpaired) electrons. The molecule has 0 heterocycles. The van der Waals surface area contributed by atoms with Crippen LogP contribution in [0.3, 0.4) is 0 Å². The van der Waals surface area contributed by atoms with Crippen LogP contribution >= 0.6 is 0 Å². The maximum atomic E-state index is 12.0. The van der Waals surface area contributed by atoms with Gasteiger partial charge >= 0.3 is 0 Å². The highest BCUT2D eigenvalue weighted by atomic mass is 16.2. The molecule has 0 saturated heterocycles. The van der Waals surface area contributed by atoms with Gasteiger partial charge in [-0.25, -0.2) is 0 Å². The van der Waals surface area contributed by atoms with Gasteiger partial charge in [0.15, 0.2) is 0 Å². The molecule has 0 bridgehead atoms. The van der Waals surface area contributed by atoms with Gasteiger partial charge < -0.3 is 10.6 Å². The Labute approximate surface area is 93.0 Å². The first-order valence-corrected chi connectivity index (χ1v) is 6.10. The minimum absolute atomic E-state index is 0.124. The molecule has 0 aromatic heterocycles. The van der Waals surface area contributed by atoms with Crippen molar-refractivity contribution in [3.63, 3.8) is 0 Å². The lowest BCUT2D eigenvalue weighted by molar-refractivity contribution is -0.134. The van der Waals surface area contributed by atoms with Gasteiger partial charge in [0.1, 0.15) is 0 Å². The highest BCUT2D eigenvalue weighted by Gasteiger charge is 2.26. The van der Waals surface area contributed by atoms with Crippen molar-refractivity contribution in [3.05, 3.63) is 0 Å². The molecule has 88 valence electrons. The van der Waals surface area contributed by atoms with Gasteiger partial charge in [-0.1, -0.05) is 20.3 Å². The lowest BCUT2D eigenvalue weighted by Crippen LogP contribution is -2.48. The average Bonchev–Trinajstić information content (AvgIpc) is 2.14. The minimum Gasteiger partial charge on any atom is -0.341 e. The summed E-state index contributed by atoms with van der Waals surface area (Å²) in [5.41, 5.74) is 5.88. The molecule has 2 N–H and O–H groups in total. The standard InChI is InChI=1S/C12H24N2O/c1-4-14(8-10-6-5-7-10)12(15)11(13)9(2)3/h9-11H,4-8,13H2,1-3H3/t11-/m0/s1. The molecule has 3 heteroatoms. The van der Waals surface area contributed by atoms with Gasteiger partial charge in [-0.2, -0.15) is 0 Å². The third kappa shape index (κ3) is 3.20. The fraction of sp³-hybridized carbons (Fsp3) is 0.917. The highest BCUT2D eigenvalue weighted by molar-refractivity contribution is 5.81. The van der Waals surface area contributed by atoms with Gasteiger partial charge in [0, 0.05) is 13.1 Å². The van der Waals surface area contributed by atoms with Gasteiger partial charge in [-0.15, -0.1) is 0 Å². The van der Waals surface area contributed by atoms with E-state index in [-0.39, 0.29) is 17.9 Å². The largest absolute Gasteiger partial charge is 0.341 e. The number of hydrogen-bond acceptors (Lipinski definition) is 2. The first-order chi connectivity index (χ1) is 7.06. The second kappa shape index (κ2) is 5.50. The molecular weight excluding hydrogens is 188 g/mol. The van der Waals surface area contributed by atoms with Crippen molar-refractivity contribution in [2.45, 2.75) is 46.1 Å². The Bertz CT molecular complexity index is 212. The third-order valence-corrected chi connectivity index (χ3v) is 3.40. The van der Waals surface area contributed by atoms with E-state index < -0.39 is 0 Å². The summed E-state index contributed by atoms with van der Waals surface area (Å²) in [5, 5.41) is 0. The van der Waals surface area contributed by atoms with Crippen molar-refractivity contribution in [3.8, 4) is 0 Å². The predicted molar refractivity (Wildman–Crippen MR) is 62.4 cm³/mol. The summed E-state index contributed by atoms with van der Waals surface area (Å²) < 4.78 is 0. The lowest BCUT2D eigenvalue weighted by atomic mass is 9.85.